The summed E-state index contributed by atoms with van der Waals surface area (Å²) in [5.41, 5.74) is 0.787. The Labute approximate surface area is 124 Å². The number of hydrogen-bond donors (Lipinski definition) is 0. The van der Waals surface area contributed by atoms with Crippen molar-refractivity contribution in [2.24, 2.45) is 5.92 Å². The normalized spacial score (nSPS) is 23.4. The fourth-order valence-electron chi connectivity index (χ4n) is 3.02. The SMILES string of the molecule is CCn1cc(Br)cc1C(=O)N(C)C1CCCC(C)C1. The number of aromatic nitrogens is 1. The average molecular weight is 327 g/mol. The lowest BCUT2D eigenvalue weighted by Gasteiger charge is -2.34. The van der Waals surface area contributed by atoms with Crippen molar-refractivity contribution in [1.29, 1.82) is 0 Å². The Morgan fingerprint density at radius 1 is 1.53 bits per heavy atom. The summed E-state index contributed by atoms with van der Waals surface area (Å²) in [5.74, 6) is 0.880. The van der Waals surface area contributed by atoms with Crippen LogP contribution in [0.25, 0.3) is 0 Å². The fraction of sp³-hybridized carbons (Fsp3) is 0.667. The van der Waals surface area contributed by atoms with Gasteiger partial charge in [-0.2, -0.15) is 0 Å². The smallest absolute Gasteiger partial charge is 0.270 e. The van der Waals surface area contributed by atoms with E-state index in [2.05, 4.69) is 29.8 Å². The first-order chi connectivity index (χ1) is 9.02. The van der Waals surface area contributed by atoms with Crippen LogP contribution in [0.1, 0.15) is 50.0 Å². The van der Waals surface area contributed by atoms with Gasteiger partial charge < -0.3 is 9.47 Å². The van der Waals surface area contributed by atoms with E-state index in [-0.39, 0.29) is 5.91 Å². The second kappa shape index (κ2) is 6.12. The van der Waals surface area contributed by atoms with Crippen LogP contribution in [0.3, 0.4) is 0 Å². The number of amides is 1. The topological polar surface area (TPSA) is 25.2 Å². The minimum Gasteiger partial charge on any atom is -0.343 e. The molecule has 1 aliphatic rings. The first-order valence-corrected chi connectivity index (χ1v) is 7.95. The standard InChI is InChI=1S/C15H23BrN2O/c1-4-18-10-12(16)9-14(18)15(19)17(3)13-7-5-6-11(2)8-13/h9-11,13H,4-8H2,1-3H3. The van der Waals surface area contributed by atoms with Gasteiger partial charge in [0.1, 0.15) is 5.69 Å². The predicted octanol–water partition coefficient (Wildman–Crippen LogP) is 3.92. The molecule has 19 heavy (non-hydrogen) atoms. The first kappa shape index (κ1) is 14.6. The van der Waals surface area contributed by atoms with E-state index in [1.807, 2.05) is 28.8 Å². The van der Waals surface area contributed by atoms with E-state index in [1.165, 1.54) is 12.8 Å². The molecule has 0 bridgehead atoms. The monoisotopic (exact) mass is 326 g/mol. The molecule has 1 fully saturated rings. The highest BCUT2D eigenvalue weighted by atomic mass is 79.9. The third-order valence-electron chi connectivity index (χ3n) is 4.20. The molecule has 2 unspecified atom stereocenters. The molecule has 0 aromatic carbocycles. The van der Waals surface area contributed by atoms with Crippen LogP contribution in [0.5, 0.6) is 0 Å². The van der Waals surface area contributed by atoms with Crippen LogP contribution in [0, 0.1) is 5.92 Å². The highest BCUT2D eigenvalue weighted by Gasteiger charge is 2.27. The van der Waals surface area contributed by atoms with Gasteiger partial charge in [0.05, 0.1) is 0 Å². The zero-order valence-corrected chi connectivity index (χ0v) is 13.6. The lowest BCUT2D eigenvalue weighted by Crippen LogP contribution is -2.40. The molecule has 1 saturated carbocycles. The number of rotatable bonds is 3. The maximum absolute atomic E-state index is 12.6. The van der Waals surface area contributed by atoms with Crippen molar-refractivity contribution in [1.82, 2.24) is 9.47 Å². The Kier molecular flexibility index (Phi) is 4.71. The third kappa shape index (κ3) is 3.22. The molecule has 2 atom stereocenters. The molecular formula is C15H23BrN2O. The van der Waals surface area contributed by atoms with Crippen LogP contribution in [0.2, 0.25) is 0 Å². The second-order valence-electron chi connectivity index (χ2n) is 5.67. The molecule has 0 aliphatic heterocycles. The Hall–Kier alpha value is -0.770. The van der Waals surface area contributed by atoms with Gasteiger partial charge in [0.25, 0.3) is 5.91 Å². The van der Waals surface area contributed by atoms with Crippen LogP contribution in [-0.2, 0) is 6.54 Å². The van der Waals surface area contributed by atoms with Crippen molar-refractivity contribution < 1.29 is 4.79 Å². The highest BCUT2D eigenvalue weighted by Crippen LogP contribution is 2.28. The maximum Gasteiger partial charge on any atom is 0.270 e. The van der Waals surface area contributed by atoms with Gasteiger partial charge in [0, 0.05) is 30.3 Å². The first-order valence-electron chi connectivity index (χ1n) is 7.15. The summed E-state index contributed by atoms with van der Waals surface area (Å²) in [6.07, 6.45) is 6.79. The van der Waals surface area contributed by atoms with Gasteiger partial charge in [-0.1, -0.05) is 19.8 Å². The summed E-state index contributed by atoms with van der Waals surface area (Å²) in [4.78, 5) is 14.6. The highest BCUT2D eigenvalue weighted by molar-refractivity contribution is 9.10. The van der Waals surface area contributed by atoms with Crippen LogP contribution < -0.4 is 0 Å². The molecule has 0 spiro atoms. The summed E-state index contributed by atoms with van der Waals surface area (Å²) in [7, 11) is 1.95. The summed E-state index contributed by atoms with van der Waals surface area (Å²) in [6.45, 7) is 5.17. The lowest BCUT2D eigenvalue weighted by atomic mass is 9.86. The van der Waals surface area contributed by atoms with E-state index < -0.39 is 0 Å². The third-order valence-corrected chi connectivity index (χ3v) is 4.63. The molecule has 1 aromatic rings. The number of halogens is 1. The van der Waals surface area contributed by atoms with Gasteiger partial charge in [-0.3, -0.25) is 4.79 Å². The van der Waals surface area contributed by atoms with Crippen molar-refractivity contribution in [2.75, 3.05) is 7.05 Å². The minimum absolute atomic E-state index is 0.145. The van der Waals surface area contributed by atoms with Crippen molar-refractivity contribution in [2.45, 2.75) is 52.1 Å². The summed E-state index contributed by atoms with van der Waals surface area (Å²) in [6, 6.07) is 2.32. The Morgan fingerprint density at radius 3 is 2.89 bits per heavy atom. The fourth-order valence-corrected chi connectivity index (χ4v) is 3.48. The van der Waals surface area contributed by atoms with E-state index in [0.717, 1.165) is 35.5 Å². The molecule has 0 radical (unpaired) electrons. The van der Waals surface area contributed by atoms with Gasteiger partial charge in [-0.05, 0) is 47.7 Å². The second-order valence-corrected chi connectivity index (χ2v) is 6.59. The molecule has 1 heterocycles. The number of carbonyl (C=O) groups is 1. The summed E-state index contributed by atoms with van der Waals surface area (Å²) < 4.78 is 2.98. The number of nitrogens with zero attached hydrogens (tertiary/aromatic N) is 2. The van der Waals surface area contributed by atoms with E-state index in [0.29, 0.717) is 6.04 Å². The minimum atomic E-state index is 0.145. The molecule has 1 aliphatic carbocycles. The van der Waals surface area contributed by atoms with Gasteiger partial charge >= 0.3 is 0 Å². The Balaban J connectivity index is 2.13. The van der Waals surface area contributed by atoms with E-state index in [1.54, 1.807) is 0 Å². The molecule has 1 amide bonds. The molecule has 0 N–H and O–H groups in total. The van der Waals surface area contributed by atoms with Crippen molar-refractivity contribution in [3.8, 4) is 0 Å². The molecule has 106 valence electrons. The molecule has 4 heteroatoms. The molecule has 1 aromatic heterocycles. The summed E-state index contributed by atoms with van der Waals surface area (Å²) >= 11 is 3.46. The van der Waals surface area contributed by atoms with Crippen LogP contribution in [0.15, 0.2) is 16.7 Å². The van der Waals surface area contributed by atoms with Crippen molar-refractivity contribution in [3.63, 3.8) is 0 Å². The van der Waals surface area contributed by atoms with Crippen LogP contribution in [-0.4, -0.2) is 28.5 Å². The summed E-state index contributed by atoms with van der Waals surface area (Å²) in [5, 5.41) is 0. The molecular weight excluding hydrogens is 304 g/mol. The molecule has 2 rings (SSSR count). The van der Waals surface area contributed by atoms with Gasteiger partial charge in [0.15, 0.2) is 0 Å². The zero-order valence-electron chi connectivity index (χ0n) is 12.0. The van der Waals surface area contributed by atoms with Crippen LogP contribution in [0.4, 0.5) is 0 Å². The van der Waals surface area contributed by atoms with Crippen LogP contribution >= 0.6 is 15.9 Å². The van der Waals surface area contributed by atoms with E-state index in [4.69, 9.17) is 0 Å². The quantitative estimate of drug-likeness (QED) is 0.826. The predicted molar refractivity (Wildman–Crippen MR) is 81.3 cm³/mol. The molecule has 0 saturated heterocycles. The largest absolute Gasteiger partial charge is 0.343 e. The van der Waals surface area contributed by atoms with Gasteiger partial charge in [-0.15, -0.1) is 0 Å². The van der Waals surface area contributed by atoms with E-state index >= 15 is 0 Å². The average Bonchev–Trinajstić information content (AvgIpc) is 2.78. The lowest BCUT2D eigenvalue weighted by molar-refractivity contribution is 0.0661. The Bertz CT molecular complexity index is 455. The number of aryl methyl sites for hydroxylation is 1. The van der Waals surface area contributed by atoms with Gasteiger partial charge in [0.2, 0.25) is 0 Å². The Morgan fingerprint density at radius 2 is 2.26 bits per heavy atom. The maximum atomic E-state index is 12.6. The van der Waals surface area contributed by atoms with E-state index in [9.17, 15) is 4.79 Å². The van der Waals surface area contributed by atoms with Gasteiger partial charge in [-0.25, -0.2) is 0 Å². The molecule has 3 nitrogen and oxygen atoms in total. The van der Waals surface area contributed by atoms with Crippen molar-refractivity contribution >= 4 is 21.8 Å². The van der Waals surface area contributed by atoms with Crippen molar-refractivity contribution in [3.05, 3.63) is 22.4 Å². The zero-order chi connectivity index (χ0) is 14.0. The number of hydrogen-bond acceptors (Lipinski definition) is 1. The number of carbonyl (C=O) groups excluding carboxylic acids is 1.